The number of halogens is 1. The number of hydrogen-bond acceptors (Lipinski definition) is 6. The molecule has 0 radical (unpaired) electrons. The quantitative estimate of drug-likeness (QED) is 0.677. The number of sulfone groups is 1. The first kappa shape index (κ1) is 21.0. The fourth-order valence-corrected chi connectivity index (χ4v) is 6.34. The number of allylic oxidation sites excluding steroid dienone is 3. The summed E-state index contributed by atoms with van der Waals surface area (Å²) in [7, 11) is -3.67. The topological polar surface area (TPSA) is 81.5 Å². The van der Waals surface area contributed by atoms with Gasteiger partial charge < -0.3 is 9.64 Å². The van der Waals surface area contributed by atoms with E-state index in [9.17, 15) is 13.2 Å². The van der Waals surface area contributed by atoms with Gasteiger partial charge in [-0.1, -0.05) is 36.9 Å². The average molecular weight is 466 g/mol. The maximum atomic E-state index is 13.2. The predicted molar refractivity (Wildman–Crippen MR) is 117 cm³/mol. The summed E-state index contributed by atoms with van der Waals surface area (Å²) >= 11 is 7.53. The fraction of sp³-hybridized carbons (Fsp3) is 0.300. The lowest BCUT2D eigenvalue weighted by Crippen LogP contribution is -2.41. The van der Waals surface area contributed by atoms with Gasteiger partial charge in [-0.25, -0.2) is 8.42 Å². The Balaban J connectivity index is 1.89. The van der Waals surface area contributed by atoms with Crippen molar-refractivity contribution < 1.29 is 17.9 Å². The summed E-state index contributed by atoms with van der Waals surface area (Å²) in [6.07, 6.45) is 2.80. The molecule has 7 nitrogen and oxygen atoms in total. The molecule has 1 saturated heterocycles. The molecule has 2 aromatic rings. The van der Waals surface area contributed by atoms with Crippen LogP contribution < -0.4 is 0 Å². The number of carbonyl (C=O) groups excluding carboxylic acids is 1. The zero-order chi connectivity index (χ0) is 21.5. The summed E-state index contributed by atoms with van der Waals surface area (Å²) in [6.45, 7) is 9.59. The van der Waals surface area contributed by atoms with Crippen LogP contribution in [0.25, 0.3) is 5.57 Å². The molecular formula is C20H20ClN3O4S2. The monoisotopic (exact) mass is 465 g/mol. The summed E-state index contributed by atoms with van der Waals surface area (Å²) in [6, 6.07) is 1.83. The zero-order valence-electron chi connectivity index (χ0n) is 16.1. The zero-order valence-corrected chi connectivity index (χ0v) is 18.5. The van der Waals surface area contributed by atoms with Crippen LogP contribution in [0.3, 0.4) is 0 Å². The number of carbonyl (C=O) groups is 1. The molecular weight excluding hydrogens is 446 g/mol. The minimum absolute atomic E-state index is 0.0979. The molecule has 0 spiro atoms. The Morgan fingerprint density at radius 1 is 1.30 bits per heavy atom. The summed E-state index contributed by atoms with van der Waals surface area (Å²) < 4.78 is 32.8. The molecule has 0 unspecified atom stereocenters. The van der Waals surface area contributed by atoms with E-state index in [1.54, 1.807) is 9.58 Å². The standard InChI is InChI=1S/C20H20ClN3O4S2/c1-3-15-17(4-2)30(26,27)12-16-18(20(25)23-5-7-28-8-6-23)22-24(19(15)16)10-14-9-13(21)11-29-14/h3-4,9,11H,1-2,5-8,10,12H2. The Morgan fingerprint density at radius 3 is 2.63 bits per heavy atom. The molecule has 1 fully saturated rings. The average Bonchev–Trinajstić information content (AvgIpc) is 3.29. The minimum Gasteiger partial charge on any atom is -0.378 e. The number of nitrogens with zero attached hydrogens (tertiary/aromatic N) is 3. The summed E-state index contributed by atoms with van der Waals surface area (Å²) in [4.78, 5) is 15.9. The van der Waals surface area contributed by atoms with Crippen molar-refractivity contribution in [3.8, 4) is 0 Å². The van der Waals surface area contributed by atoms with Crippen LogP contribution in [0.15, 0.2) is 41.7 Å². The van der Waals surface area contributed by atoms with E-state index in [0.29, 0.717) is 54.7 Å². The van der Waals surface area contributed by atoms with Crippen LogP contribution in [0.2, 0.25) is 5.02 Å². The molecule has 158 valence electrons. The van der Waals surface area contributed by atoms with Crippen molar-refractivity contribution in [1.29, 1.82) is 0 Å². The Hall–Kier alpha value is -2.20. The SMILES string of the molecule is C=CC1=C(C=C)S(=O)(=O)Cc2c(C(=O)N3CCOCC3)nn(Cc3cc(Cl)cs3)c21. The van der Waals surface area contributed by atoms with Crippen LogP contribution in [-0.2, 0) is 26.9 Å². The Bertz CT molecular complexity index is 1170. The van der Waals surface area contributed by atoms with Crippen LogP contribution in [0.1, 0.15) is 26.6 Å². The molecule has 4 heterocycles. The fourth-order valence-electron chi connectivity index (χ4n) is 3.71. The number of amides is 1. The highest BCUT2D eigenvalue weighted by atomic mass is 35.5. The van der Waals surface area contributed by atoms with Gasteiger partial charge in [-0.05, 0) is 6.07 Å². The number of hydrogen-bond donors (Lipinski definition) is 0. The van der Waals surface area contributed by atoms with Gasteiger partial charge in [0.2, 0.25) is 0 Å². The van der Waals surface area contributed by atoms with Crippen molar-refractivity contribution in [3.63, 3.8) is 0 Å². The van der Waals surface area contributed by atoms with E-state index in [1.807, 2.05) is 11.4 Å². The Kier molecular flexibility index (Phi) is 5.71. The highest BCUT2D eigenvalue weighted by molar-refractivity contribution is 7.95. The second-order valence-electron chi connectivity index (χ2n) is 6.91. The van der Waals surface area contributed by atoms with E-state index in [2.05, 4.69) is 18.3 Å². The van der Waals surface area contributed by atoms with Gasteiger partial charge in [-0.3, -0.25) is 9.48 Å². The summed E-state index contributed by atoms with van der Waals surface area (Å²) in [5, 5.41) is 7.01. The van der Waals surface area contributed by atoms with Crippen molar-refractivity contribution in [2.45, 2.75) is 12.3 Å². The second-order valence-corrected chi connectivity index (χ2v) is 10.3. The van der Waals surface area contributed by atoms with E-state index >= 15 is 0 Å². The van der Waals surface area contributed by atoms with Gasteiger partial charge in [-0.15, -0.1) is 11.3 Å². The molecule has 0 atom stereocenters. The molecule has 0 saturated carbocycles. The van der Waals surface area contributed by atoms with Gasteiger partial charge in [0, 0.05) is 34.5 Å². The molecule has 0 bridgehead atoms. The maximum absolute atomic E-state index is 13.2. The highest BCUT2D eigenvalue weighted by Crippen LogP contribution is 2.38. The van der Waals surface area contributed by atoms with Crippen molar-refractivity contribution in [1.82, 2.24) is 14.7 Å². The normalized spacial score (nSPS) is 18.2. The largest absolute Gasteiger partial charge is 0.378 e. The van der Waals surface area contributed by atoms with Crippen LogP contribution in [0, 0.1) is 0 Å². The maximum Gasteiger partial charge on any atom is 0.274 e. The smallest absolute Gasteiger partial charge is 0.274 e. The van der Waals surface area contributed by atoms with Gasteiger partial charge in [-0.2, -0.15) is 5.10 Å². The van der Waals surface area contributed by atoms with E-state index < -0.39 is 9.84 Å². The van der Waals surface area contributed by atoms with Crippen LogP contribution in [0.5, 0.6) is 0 Å². The Labute approximate surface area is 183 Å². The number of aromatic nitrogens is 2. The Morgan fingerprint density at radius 2 is 2.03 bits per heavy atom. The van der Waals surface area contributed by atoms with E-state index in [1.165, 1.54) is 23.5 Å². The third kappa shape index (κ3) is 3.66. The van der Waals surface area contributed by atoms with Gasteiger partial charge in [0.1, 0.15) is 0 Å². The lowest BCUT2D eigenvalue weighted by molar-refractivity contribution is 0.0298. The molecule has 2 aromatic heterocycles. The number of fused-ring (bicyclic) bond motifs is 1. The first-order valence-electron chi connectivity index (χ1n) is 9.27. The third-order valence-corrected chi connectivity index (χ3v) is 8.05. The molecule has 10 heteroatoms. The minimum atomic E-state index is -3.67. The first-order chi connectivity index (χ1) is 14.4. The van der Waals surface area contributed by atoms with Crippen molar-refractivity contribution in [2.24, 2.45) is 0 Å². The number of rotatable bonds is 5. The van der Waals surface area contributed by atoms with Crippen LogP contribution in [0.4, 0.5) is 0 Å². The molecule has 2 aliphatic rings. The first-order valence-corrected chi connectivity index (χ1v) is 12.2. The van der Waals surface area contributed by atoms with Gasteiger partial charge >= 0.3 is 0 Å². The van der Waals surface area contributed by atoms with Crippen LogP contribution >= 0.6 is 22.9 Å². The molecule has 4 rings (SSSR count). The molecule has 0 aliphatic carbocycles. The number of ether oxygens (including phenoxy) is 1. The molecule has 0 aromatic carbocycles. The highest BCUT2D eigenvalue weighted by Gasteiger charge is 2.37. The second kappa shape index (κ2) is 8.14. The number of morpholine rings is 1. The molecule has 0 N–H and O–H groups in total. The van der Waals surface area contributed by atoms with E-state index in [-0.39, 0.29) is 22.3 Å². The van der Waals surface area contributed by atoms with Crippen molar-refractivity contribution in [3.05, 3.63) is 68.5 Å². The molecule has 2 aliphatic heterocycles. The molecule has 30 heavy (non-hydrogen) atoms. The van der Waals surface area contributed by atoms with Crippen molar-refractivity contribution >= 4 is 44.3 Å². The number of thiophene rings is 1. The predicted octanol–water partition coefficient (Wildman–Crippen LogP) is 3.13. The van der Waals surface area contributed by atoms with E-state index in [0.717, 1.165) is 4.88 Å². The summed E-state index contributed by atoms with van der Waals surface area (Å²) in [5.41, 5.74) is 1.54. The van der Waals surface area contributed by atoms with Gasteiger partial charge in [0.05, 0.1) is 41.1 Å². The molecule has 1 amide bonds. The van der Waals surface area contributed by atoms with Gasteiger partial charge in [0.15, 0.2) is 15.5 Å². The van der Waals surface area contributed by atoms with Crippen LogP contribution in [-0.4, -0.2) is 55.3 Å². The summed E-state index contributed by atoms with van der Waals surface area (Å²) in [5.74, 6) is -0.601. The third-order valence-electron chi connectivity index (χ3n) is 5.06. The lowest BCUT2D eigenvalue weighted by Gasteiger charge is -2.26. The van der Waals surface area contributed by atoms with Gasteiger partial charge in [0.25, 0.3) is 5.91 Å². The van der Waals surface area contributed by atoms with E-state index in [4.69, 9.17) is 16.3 Å². The van der Waals surface area contributed by atoms with Crippen molar-refractivity contribution in [2.75, 3.05) is 26.3 Å². The lowest BCUT2D eigenvalue weighted by atomic mass is 10.0.